The minimum absolute atomic E-state index is 0.288. The van der Waals surface area contributed by atoms with Gasteiger partial charge < -0.3 is 68.8 Å². The molecule has 0 aliphatic carbocycles. The molecule has 0 bridgehead atoms. The summed E-state index contributed by atoms with van der Waals surface area (Å²) in [7, 11) is 0. The van der Waals surface area contributed by atoms with E-state index in [4.69, 9.17) is 16.6 Å². The van der Waals surface area contributed by atoms with Crippen molar-refractivity contribution < 1.29 is 68.4 Å². The van der Waals surface area contributed by atoms with Crippen LogP contribution >= 0.6 is 0 Å². The second-order valence-electron chi connectivity index (χ2n) is 11.7. The summed E-state index contributed by atoms with van der Waals surface area (Å²) in [5.74, 6) is -11.7. The van der Waals surface area contributed by atoms with Gasteiger partial charge in [-0.15, -0.1) is 0 Å². The predicted molar refractivity (Wildman–Crippen MR) is 175 cm³/mol. The number of imidazole rings is 1. The maximum absolute atomic E-state index is 13.3. The Balaban J connectivity index is 3.17. The molecule has 1 rings (SSSR count). The number of aliphatic hydroxyl groups is 1. The lowest BCUT2D eigenvalue weighted by Gasteiger charge is -2.26. The van der Waals surface area contributed by atoms with Crippen LogP contribution in [0.2, 0.25) is 0 Å². The Bertz CT molecular complexity index is 1500. The van der Waals surface area contributed by atoms with Crippen LogP contribution in [0.15, 0.2) is 12.5 Å². The van der Waals surface area contributed by atoms with E-state index in [9.17, 15) is 63.3 Å². The fourth-order valence-corrected chi connectivity index (χ4v) is 4.28. The first kappa shape index (κ1) is 44.9. The summed E-state index contributed by atoms with van der Waals surface area (Å²) in [6.45, 7) is 1.35. The van der Waals surface area contributed by atoms with E-state index in [1.165, 1.54) is 26.4 Å². The third-order valence-electron chi connectivity index (χ3n) is 7.18. The van der Waals surface area contributed by atoms with Gasteiger partial charge in [-0.25, -0.2) is 9.78 Å². The van der Waals surface area contributed by atoms with Crippen LogP contribution in [0, 0.1) is 0 Å². The Kier molecular flexibility index (Phi) is 18.5. The number of rotatable bonds is 24. The van der Waals surface area contributed by atoms with Gasteiger partial charge in [0.15, 0.2) is 0 Å². The zero-order valence-electron chi connectivity index (χ0n) is 28.6. The largest absolute Gasteiger partial charge is 0.481 e. The molecule has 24 heteroatoms. The molecule has 1 aromatic rings. The summed E-state index contributed by atoms with van der Waals surface area (Å²) in [6.07, 6.45) is -0.677. The van der Waals surface area contributed by atoms with Crippen LogP contribution in [0.4, 0.5) is 0 Å². The second kappa shape index (κ2) is 21.9. The van der Waals surface area contributed by atoms with E-state index in [0.717, 1.165) is 0 Å². The number of primary amides is 1. The van der Waals surface area contributed by atoms with Crippen molar-refractivity contribution in [2.24, 2.45) is 11.5 Å². The Labute approximate surface area is 300 Å². The molecule has 1 aromatic heterocycles. The Morgan fingerprint density at radius 3 is 1.70 bits per heavy atom. The number of nitrogens with one attached hydrogen (secondary N) is 7. The topological polar surface area (TPSA) is 405 Å². The summed E-state index contributed by atoms with van der Waals surface area (Å²) in [6, 6.07) is -10.9. The molecule has 0 aliphatic rings. The number of carboxylic acids is 3. The number of aliphatic hydroxyl groups excluding tert-OH is 1. The van der Waals surface area contributed by atoms with Gasteiger partial charge in [0.2, 0.25) is 41.4 Å². The fourth-order valence-electron chi connectivity index (χ4n) is 4.28. The average molecular weight is 757 g/mol. The van der Waals surface area contributed by atoms with Crippen LogP contribution in [-0.2, 0) is 54.4 Å². The first-order valence-electron chi connectivity index (χ1n) is 15.9. The molecule has 0 aliphatic heterocycles. The van der Waals surface area contributed by atoms with Crippen LogP contribution < -0.4 is 43.4 Å². The molecule has 15 N–H and O–H groups in total. The standard InChI is InChI=1S/C29H44N10O14/c1-12(30)23(46)37-18(8-22(44)45)27(50)35-15(4-6-21(42)43)25(48)39-19(10-40)28(51)38-17(7-14-9-32-11-33-14)26(49)34-13(2)24(47)36-16(29(52)53)3-5-20(31)41/h9,11-13,15-19,40H,3-8,10,30H2,1-2H3,(H2,31,41)(H,32,33)(H,34,49)(H,35,50)(H,36,47)(H,37,46)(H,38,51)(H,39,48)(H,42,43)(H,44,45)(H,52,53)/t12-,13-,15-,16-,17-,18-,19-/m0/s1. The van der Waals surface area contributed by atoms with Crippen molar-refractivity contribution in [3.8, 4) is 0 Å². The number of amides is 7. The maximum Gasteiger partial charge on any atom is 0.326 e. The Morgan fingerprint density at radius 2 is 1.19 bits per heavy atom. The van der Waals surface area contributed by atoms with E-state index >= 15 is 0 Å². The molecule has 0 spiro atoms. The highest BCUT2D eigenvalue weighted by molar-refractivity contribution is 5.97. The molecule has 53 heavy (non-hydrogen) atoms. The van der Waals surface area contributed by atoms with Gasteiger partial charge in [0, 0.05) is 31.2 Å². The monoisotopic (exact) mass is 756 g/mol. The van der Waals surface area contributed by atoms with Crippen molar-refractivity contribution >= 4 is 59.3 Å². The van der Waals surface area contributed by atoms with Gasteiger partial charge in [0.25, 0.3) is 0 Å². The first-order chi connectivity index (χ1) is 24.7. The molecular formula is C29H44N10O14. The minimum atomic E-state index is -1.83. The maximum atomic E-state index is 13.3. The third kappa shape index (κ3) is 16.6. The number of nitrogens with two attached hydrogens (primary N) is 2. The molecular weight excluding hydrogens is 712 g/mol. The molecule has 0 saturated carbocycles. The van der Waals surface area contributed by atoms with Gasteiger partial charge in [-0.3, -0.25) is 43.2 Å². The van der Waals surface area contributed by atoms with Crippen molar-refractivity contribution in [2.45, 2.75) is 94.7 Å². The number of nitrogens with zero attached hydrogens (tertiary/aromatic N) is 1. The molecule has 0 radical (unpaired) electrons. The van der Waals surface area contributed by atoms with Crippen molar-refractivity contribution in [1.82, 2.24) is 41.9 Å². The minimum Gasteiger partial charge on any atom is -0.481 e. The van der Waals surface area contributed by atoms with Crippen LogP contribution in [0.1, 0.15) is 51.6 Å². The number of hydrogen-bond donors (Lipinski definition) is 13. The van der Waals surface area contributed by atoms with Crippen molar-refractivity contribution in [1.29, 1.82) is 0 Å². The number of aliphatic carboxylic acids is 3. The SMILES string of the molecule is C[C@H](N)C(=O)N[C@@H](CC(=O)O)C(=O)N[C@@H](CCC(=O)O)C(=O)N[C@@H](CO)C(=O)N[C@@H](Cc1cnc[nH]1)C(=O)N[C@@H](C)C(=O)N[C@@H](CCC(N)=O)C(=O)O. The average Bonchev–Trinajstić information content (AvgIpc) is 3.58. The van der Waals surface area contributed by atoms with E-state index in [2.05, 4.69) is 41.9 Å². The highest BCUT2D eigenvalue weighted by Gasteiger charge is 2.33. The van der Waals surface area contributed by atoms with Gasteiger partial charge in [-0.2, -0.15) is 0 Å². The predicted octanol–water partition coefficient (Wildman–Crippen LogP) is -6.09. The van der Waals surface area contributed by atoms with E-state index in [-0.39, 0.29) is 19.3 Å². The zero-order valence-corrected chi connectivity index (χ0v) is 28.6. The van der Waals surface area contributed by atoms with E-state index in [1.807, 2.05) is 0 Å². The lowest BCUT2D eigenvalue weighted by Crippen LogP contribution is -2.60. The number of carbonyl (C=O) groups excluding carboxylic acids is 7. The smallest absolute Gasteiger partial charge is 0.326 e. The number of aromatic nitrogens is 2. The van der Waals surface area contributed by atoms with Gasteiger partial charge in [0.05, 0.1) is 25.4 Å². The molecule has 294 valence electrons. The number of aromatic amines is 1. The fraction of sp³-hybridized carbons (Fsp3) is 0.552. The molecule has 0 saturated heterocycles. The summed E-state index contributed by atoms with van der Waals surface area (Å²) < 4.78 is 0. The quantitative estimate of drug-likeness (QED) is 0.0467. The number of hydrogen-bond acceptors (Lipinski definition) is 13. The molecule has 0 unspecified atom stereocenters. The van der Waals surface area contributed by atoms with Gasteiger partial charge >= 0.3 is 17.9 Å². The Hall–Kier alpha value is -6.17. The van der Waals surface area contributed by atoms with E-state index < -0.39 is 127 Å². The van der Waals surface area contributed by atoms with Crippen molar-refractivity contribution in [3.63, 3.8) is 0 Å². The lowest BCUT2D eigenvalue weighted by atomic mass is 10.1. The molecule has 7 amide bonds. The lowest BCUT2D eigenvalue weighted by molar-refractivity contribution is -0.142. The molecule has 0 fully saturated rings. The third-order valence-corrected chi connectivity index (χ3v) is 7.18. The summed E-state index contributed by atoms with van der Waals surface area (Å²) in [4.78, 5) is 129. The summed E-state index contributed by atoms with van der Waals surface area (Å²) in [5, 5.41) is 50.8. The van der Waals surface area contributed by atoms with Crippen LogP contribution in [0.5, 0.6) is 0 Å². The molecule has 0 aromatic carbocycles. The zero-order chi connectivity index (χ0) is 40.4. The van der Waals surface area contributed by atoms with Crippen molar-refractivity contribution in [3.05, 3.63) is 18.2 Å². The molecule has 1 heterocycles. The van der Waals surface area contributed by atoms with Crippen molar-refractivity contribution in [2.75, 3.05) is 6.61 Å². The Morgan fingerprint density at radius 1 is 0.679 bits per heavy atom. The van der Waals surface area contributed by atoms with E-state index in [0.29, 0.717) is 5.69 Å². The van der Waals surface area contributed by atoms with E-state index in [1.54, 1.807) is 0 Å². The molecule has 24 nitrogen and oxygen atoms in total. The normalized spacial score (nSPS) is 14.7. The second-order valence-corrected chi connectivity index (χ2v) is 11.7. The highest BCUT2D eigenvalue weighted by atomic mass is 16.4. The highest BCUT2D eigenvalue weighted by Crippen LogP contribution is 2.05. The van der Waals surface area contributed by atoms with Gasteiger partial charge in [-0.05, 0) is 26.7 Å². The van der Waals surface area contributed by atoms with Gasteiger partial charge in [0.1, 0.15) is 36.3 Å². The summed E-state index contributed by atoms with van der Waals surface area (Å²) in [5.41, 5.74) is 10.8. The van der Waals surface area contributed by atoms with Gasteiger partial charge in [-0.1, -0.05) is 0 Å². The van der Waals surface area contributed by atoms with Crippen LogP contribution in [0.3, 0.4) is 0 Å². The first-order valence-corrected chi connectivity index (χ1v) is 15.9. The molecule has 7 atom stereocenters. The number of H-pyrrole nitrogens is 1. The summed E-state index contributed by atoms with van der Waals surface area (Å²) >= 11 is 0. The van der Waals surface area contributed by atoms with Crippen LogP contribution in [0.25, 0.3) is 0 Å². The number of carbonyl (C=O) groups is 10. The van der Waals surface area contributed by atoms with Crippen LogP contribution in [-0.4, -0.2) is 139 Å². The number of carboxylic acid groups (broad SMARTS) is 3.